The van der Waals surface area contributed by atoms with E-state index in [0.717, 1.165) is 0 Å². The fourth-order valence-corrected chi connectivity index (χ4v) is 1.12. The van der Waals surface area contributed by atoms with Crippen LogP contribution in [0.15, 0.2) is 11.3 Å². The van der Waals surface area contributed by atoms with E-state index in [1.165, 1.54) is 4.90 Å². The van der Waals surface area contributed by atoms with Crippen LogP contribution in [-0.2, 0) is 9.59 Å². The van der Waals surface area contributed by atoms with Gasteiger partial charge in [-0.3, -0.25) is 4.79 Å². The van der Waals surface area contributed by atoms with Crippen molar-refractivity contribution in [3.8, 4) is 0 Å². The quantitative estimate of drug-likeness (QED) is 0.507. The van der Waals surface area contributed by atoms with E-state index in [1.807, 2.05) is 0 Å². The van der Waals surface area contributed by atoms with E-state index in [2.05, 4.69) is 0 Å². The summed E-state index contributed by atoms with van der Waals surface area (Å²) in [6.45, 7) is 0.419. The molecule has 0 bridgehead atoms. The number of hydrogen-bond donors (Lipinski definition) is 3. The Morgan fingerprint density at radius 2 is 2.23 bits per heavy atom. The molecular formula is C7H10N2O4. The van der Waals surface area contributed by atoms with Crippen molar-refractivity contribution in [2.75, 3.05) is 19.6 Å². The normalized spacial score (nSPS) is 17.0. The Hall–Kier alpha value is -1.56. The minimum Gasteiger partial charge on any atom is -0.503 e. The number of carbonyl (C=O) groups is 2. The van der Waals surface area contributed by atoms with Crippen molar-refractivity contribution >= 4 is 11.9 Å². The fraction of sp³-hybridized carbons (Fsp3) is 0.429. The lowest BCUT2D eigenvalue weighted by Gasteiger charge is -2.13. The van der Waals surface area contributed by atoms with Gasteiger partial charge in [-0.1, -0.05) is 0 Å². The number of aliphatic hydroxyl groups excluding tert-OH is 1. The van der Waals surface area contributed by atoms with Crippen molar-refractivity contribution in [1.82, 2.24) is 4.90 Å². The SMILES string of the molecule is NCCN1CC(C(=O)O)=C(O)C1=O. The zero-order valence-electron chi connectivity index (χ0n) is 6.86. The highest BCUT2D eigenvalue weighted by Gasteiger charge is 2.33. The van der Waals surface area contributed by atoms with Gasteiger partial charge in [-0.05, 0) is 0 Å². The van der Waals surface area contributed by atoms with Gasteiger partial charge in [0.15, 0.2) is 5.76 Å². The van der Waals surface area contributed by atoms with E-state index in [4.69, 9.17) is 15.9 Å². The monoisotopic (exact) mass is 186 g/mol. The van der Waals surface area contributed by atoms with Crippen LogP contribution in [0.3, 0.4) is 0 Å². The molecule has 1 aliphatic heterocycles. The molecule has 1 amide bonds. The molecule has 0 aromatic rings. The molecule has 1 heterocycles. The summed E-state index contributed by atoms with van der Waals surface area (Å²) in [4.78, 5) is 22.8. The molecule has 0 atom stereocenters. The van der Waals surface area contributed by atoms with Gasteiger partial charge in [0.1, 0.15) is 5.57 Å². The van der Waals surface area contributed by atoms with E-state index >= 15 is 0 Å². The molecule has 0 saturated carbocycles. The van der Waals surface area contributed by atoms with Crippen molar-refractivity contribution in [2.24, 2.45) is 5.73 Å². The summed E-state index contributed by atoms with van der Waals surface area (Å²) >= 11 is 0. The standard InChI is InChI=1S/C7H10N2O4/c8-1-2-9-3-4(7(12)13)5(10)6(9)11/h10H,1-3,8H2,(H,12,13). The second kappa shape index (κ2) is 3.44. The average molecular weight is 186 g/mol. The van der Waals surface area contributed by atoms with Gasteiger partial charge in [-0.2, -0.15) is 0 Å². The smallest absolute Gasteiger partial charge is 0.337 e. The number of nitrogens with zero attached hydrogens (tertiary/aromatic N) is 1. The van der Waals surface area contributed by atoms with Gasteiger partial charge in [0.05, 0.1) is 6.54 Å². The van der Waals surface area contributed by atoms with Crippen LogP contribution in [0.5, 0.6) is 0 Å². The van der Waals surface area contributed by atoms with Gasteiger partial charge < -0.3 is 20.8 Å². The summed E-state index contributed by atoms with van der Waals surface area (Å²) in [5.41, 5.74) is 4.93. The molecule has 0 fully saturated rings. The van der Waals surface area contributed by atoms with Gasteiger partial charge in [-0.25, -0.2) is 4.79 Å². The molecule has 1 aliphatic rings. The van der Waals surface area contributed by atoms with Crippen LogP contribution in [0.4, 0.5) is 0 Å². The number of aliphatic hydroxyl groups is 1. The number of hydrogen-bond acceptors (Lipinski definition) is 4. The molecule has 0 aromatic carbocycles. The molecule has 13 heavy (non-hydrogen) atoms. The molecule has 0 aromatic heterocycles. The molecule has 0 unspecified atom stereocenters. The Labute approximate surface area is 74.2 Å². The van der Waals surface area contributed by atoms with Gasteiger partial charge in [0.2, 0.25) is 0 Å². The molecule has 6 heteroatoms. The van der Waals surface area contributed by atoms with Crippen molar-refractivity contribution in [2.45, 2.75) is 0 Å². The van der Waals surface area contributed by atoms with E-state index in [-0.39, 0.29) is 25.2 Å². The Kier molecular flexibility index (Phi) is 2.52. The Morgan fingerprint density at radius 3 is 2.62 bits per heavy atom. The maximum atomic E-state index is 11.1. The van der Waals surface area contributed by atoms with Gasteiger partial charge in [0, 0.05) is 13.1 Å². The molecule has 1 rings (SSSR count). The summed E-state index contributed by atoms with van der Waals surface area (Å²) in [5, 5.41) is 17.7. The van der Waals surface area contributed by atoms with Crippen molar-refractivity contribution in [3.63, 3.8) is 0 Å². The third kappa shape index (κ3) is 1.62. The average Bonchev–Trinajstić information content (AvgIpc) is 2.33. The second-order valence-electron chi connectivity index (χ2n) is 2.65. The summed E-state index contributed by atoms with van der Waals surface area (Å²) in [5.74, 6) is -2.62. The highest BCUT2D eigenvalue weighted by atomic mass is 16.4. The predicted molar refractivity (Wildman–Crippen MR) is 42.9 cm³/mol. The molecule has 0 aliphatic carbocycles. The number of carboxylic acid groups (broad SMARTS) is 1. The van der Waals surface area contributed by atoms with Crippen LogP contribution in [0.1, 0.15) is 0 Å². The summed E-state index contributed by atoms with van der Waals surface area (Å²) in [7, 11) is 0. The first-order valence-electron chi connectivity index (χ1n) is 3.72. The molecule has 0 radical (unpaired) electrons. The number of carbonyl (C=O) groups excluding carboxylic acids is 1. The zero-order valence-corrected chi connectivity index (χ0v) is 6.86. The summed E-state index contributed by atoms with van der Waals surface area (Å²) in [6, 6.07) is 0. The highest BCUT2D eigenvalue weighted by molar-refractivity contribution is 6.04. The van der Waals surface area contributed by atoms with Crippen LogP contribution in [0.2, 0.25) is 0 Å². The molecule has 72 valence electrons. The van der Waals surface area contributed by atoms with Crippen molar-refractivity contribution < 1.29 is 19.8 Å². The largest absolute Gasteiger partial charge is 0.503 e. The van der Waals surface area contributed by atoms with E-state index < -0.39 is 17.6 Å². The first-order valence-corrected chi connectivity index (χ1v) is 3.72. The first-order chi connectivity index (χ1) is 6.07. The van der Waals surface area contributed by atoms with E-state index in [0.29, 0.717) is 0 Å². The maximum Gasteiger partial charge on any atom is 0.337 e. The topological polar surface area (TPSA) is 104 Å². The number of amides is 1. The zero-order chi connectivity index (χ0) is 10.0. The predicted octanol–water partition coefficient (Wildman–Crippen LogP) is -1.32. The van der Waals surface area contributed by atoms with Crippen LogP contribution in [-0.4, -0.2) is 46.6 Å². The third-order valence-corrected chi connectivity index (χ3v) is 1.78. The van der Waals surface area contributed by atoms with Crippen LogP contribution >= 0.6 is 0 Å². The van der Waals surface area contributed by atoms with Gasteiger partial charge >= 0.3 is 5.97 Å². The summed E-state index contributed by atoms with van der Waals surface area (Å²) in [6.07, 6.45) is 0. The molecular weight excluding hydrogens is 176 g/mol. The maximum absolute atomic E-state index is 11.1. The van der Waals surface area contributed by atoms with Crippen LogP contribution < -0.4 is 5.73 Å². The minimum atomic E-state index is -1.27. The Balaban J connectivity index is 2.80. The number of nitrogens with two attached hydrogens (primary N) is 1. The fourth-order valence-electron chi connectivity index (χ4n) is 1.12. The second-order valence-corrected chi connectivity index (χ2v) is 2.65. The lowest BCUT2D eigenvalue weighted by molar-refractivity contribution is -0.133. The minimum absolute atomic E-state index is 0.0722. The molecule has 6 nitrogen and oxygen atoms in total. The van der Waals surface area contributed by atoms with Gasteiger partial charge in [-0.15, -0.1) is 0 Å². The number of carboxylic acids is 1. The Morgan fingerprint density at radius 1 is 1.62 bits per heavy atom. The Bertz CT molecular complexity index is 284. The van der Waals surface area contributed by atoms with Crippen LogP contribution in [0.25, 0.3) is 0 Å². The van der Waals surface area contributed by atoms with Crippen molar-refractivity contribution in [1.29, 1.82) is 0 Å². The number of aliphatic carboxylic acids is 1. The molecule has 4 N–H and O–H groups in total. The number of rotatable bonds is 3. The third-order valence-electron chi connectivity index (χ3n) is 1.78. The lowest BCUT2D eigenvalue weighted by atomic mass is 10.3. The first kappa shape index (κ1) is 9.53. The van der Waals surface area contributed by atoms with E-state index in [1.54, 1.807) is 0 Å². The lowest BCUT2D eigenvalue weighted by Crippen LogP contribution is -2.32. The molecule has 0 saturated heterocycles. The molecule has 0 spiro atoms. The van der Waals surface area contributed by atoms with Gasteiger partial charge in [0.25, 0.3) is 5.91 Å². The van der Waals surface area contributed by atoms with E-state index in [9.17, 15) is 9.59 Å². The van der Waals surface area contributed by atoms with Crippen LogP contribution in [0, 0.1) is 0 Å². The summed E-state index contributed by atoms with van der Waals surface area (Å²) < 4.78 is 0. The highest BCUT2D eigenvalue weighted by Crippen LogP contribution is 2.16. The van der Waals surface area contributed by atoms with Crippen molar-refractivity contribution in [3.05, 3.63) is 11.3 Å².